The molecule has 3 heteroatoms. The van der Waals surface area contributed by atoms with Crippen LogP contribution in [-0.2, 0) is 0 Å². The van der Waals surface area contributed by atoms with Crippen LogP contribution in [0, 0.1) is 0 Å². The van der Waals surface area contributed by atoms with Gasteiger partial charge in [0.15, 0.2) is 0 Å². The van der Waals surface area contributed by atoms with Crippen LogP contribution in [0.5, 0.6) is 0 Å². The molecule has 0 fully saturated rings. The van der Waals surface area contributed by atoms with Gasteiger partial charge in [0.05, 0.1) is 12.6 Å². The summed E-state index contributed by atoms with van der Waals surface area (Å²) < 4.78 is 0. The lowest BCUT2D eigenvalue weighted by Crippen LogP contribution is -2.86. The summed E-state index contributed by atoms with van der Waals surface area (Å²) >= 11 is 0. The summed E-state index contributed by atoms with van der Waals surface area (Å²) in [5, 5.41) is 10.9. The molecule has 0 bridgehead atoms. The fourth-order valence-corrected chi connectivity index (χ4v) is 0.563. The van der Waals surface area contributed by atoms with Crippen LogP contribution < -0.4 is 5.32 Å². The van der Waals surface area contributed by atoms with Crippen molar-refractivity contribution >= 4 is 0 Å². The number of quaternary nitrogens is 1. The van der Waals surface area contributed by atoms with Crippen LogP contribution in [0.4, 0.5) is 0 Å². The zero-order chi connectivity index (χ0) is 6.41. The van der Waals surface area contributed by atoms with Crippen LogP contribution in [0.2, 0.25) is 0 Å². The van der Waals surface area contributed by atoms with Gasteiger partial charge in [-0.3, -0.25) is 0 Å². The van der Waals surface area contributed by atoms with E-state index in [0.717, 1.165) is 13.1 Å². The Kier molecular flexibility index (Phi) is 10.2. The Labute approximate surface area is 56.4 Å². The topological polar surface area (TPSA) is 66.8 Å². The smallest absolute Gasteiger partial charge is 0.102 e. The van der Waals surface area contributed by atoms with Gasteiger partial charge in [0.1, 0.15) is 6.54 Å². The van der Waals surface area contributed by atoms with Gasteiger partial charge >= 0.3 is 0 Å². The summed E-state index contributed by atoms with van der Waals surface area (Å²) in [6, 6.07) is 0. The van der Waals surface area contributed by atoms with E-state index in [4.69, 9.17) is 5.11 Å². The molecule has 0 saturated carbocycles. The third-order valence-corrected chi connectivity index (χ3v) is 1.00. The average molecular weight is 135 g/mol. The van der Waals surface area contributed by atoms with E-state index in [2.05, 4.69) is 12.2 Å². The van der Waals surface area contributed by atoms with Gasteiger partial charge in [0.25, 0.3) is 0 Å². The second kappa shape index (κ2) is 7.88. The maximum atomic E-state index is 8.75. The monoisotopic (exact) mass is 135 g/mol. The summed E-state index contributed by atoms with van der Waals surface area (Å²) in [4.78, 5) is 0. The highest BCUT2D eigenvalue weighted by molar-refractivity contribution is 4.35. The lowest BCUT2D eigenvalue weighted by Gasteiger charge is -2.00. The number of aliphatic hydroxyl groups is 1. The van der Waals surface area contributed by atoms with Crippen molar-refractivity contribution in [1.82, 2.24) is 0 Å². The summed E-state index contributed by atoms with van der Waals surface area (Å²) in [7, 11) is 0. The van der Waals surface area contributed by atoms with Crippen molar-refractivity contribution < 1.29 is 15.9 Å². The van der Waals surface area contributed by atoms with E-state index < -0.39 is 0 Å². The van der Waals surface area contributed by atoms with Crippen LogP contribution in [0.3, 0.4) is 0 Å². The molecular formula is C6H17NO2. The molecule has 0 amide bonds. The van der Waals surface area contributed by atoms with Crippen molar-refractivity contribution in [2.75, 3.05) is 13.1 Å². The molecule has 0 aliphatic rings. The Bertz CT molecular complexity index is 48.3. The zero-order valence-corrected chi connectivity index (χ0v) is 6.17. The standard InChI is InChI=1S/C6H15NO.H2O/c1-3-4-7-5-6(2)8;/h6-8H,3-5H2,1-2H3;1H2. The van der Waals surface area contributed by atoms with Crippen LogP contribution >= 0.6 is 0 Å². The lowest BCUT2D eigenvalue weighted by molar-refractivity contribution is -0.660. The molecule has 0 aromatic carbocycles. The molecule has 0 aromatic rings. The quantitative estimate of drug-likeness (QED) is 0.494. The van der Waals surface area contributed by atoms with Gasteiger partial charge in [0.2, 0.25) is 0 Å². The van der Waals surface area contributed by atoms with E-state index >= 15 is 0 Å². The van der Waals surface area contributed by atoms with Crippen LogP contribution in [0.15, 0.2) is 0 Å². The fraction of sp³-hybridized carbons (Fsp3) is 1.00. The van der Waals surface area contributed by atoms with Crippen LogP contribution in [-0.4, -0.2) is 29.8 Å². The summed E-state index contributed by atoms with van der Waals surface area (Å²) in [5.74, 6) is 0. The molecular weight excluding hydrogens is 118 g/mol. The first-order chi connectivity index (χ1) is 3.77. The SMILES string of the molecule is CCC[NH2+]CC(C)O.[OH-]. The van der Waals surface area contributed by atoms with Gasteiger partial charge in [-0.15, -0.1) is 0 Å². The Morgan fingerprint density at radius 3 is 2.44 bits per heavy atom. The summed E-state index contributed by atoms with van der Waals surface area (Å²) in [5.41, 5.74) is 0. The molecule has 0 aromatic heterocycles. The molecule has 0 heterocycles. The van der Waals surface area contributed by atoms with Crippen molar-refractivity contribution in [3.63, 3.8) is 0 Å². The predicted molar refractivity (Wildman–Crippen MR) is 35.6 cm³/mol. The molecule has 0 aliphatic carbocycles. The molecule has 0 rings (SSSR count). The number of rotatable bonds is 4. The fourth-order valence-electron chi connectivity index (χ4n) is 0.563. The summed E-state index contributed by atoms with van der Waals surface area (Å²) in [6.07, 6.45) is 1.04. The highest BCUT2D eigenvalue weighted by Crippen LogP contribution is 1.67. The molecule has 3 nitrogen and oxygen atoms in total. The van der Waals surface area contributed by atoms with E-state index in [1.807, 2.05) is 6.92 Å². The molecule has 0 aliphatic heterocycles. The first-order valence-electron chi connectivity index (χ1n) is 3.27. The second-order valence-corrected chi connectivity index (χ2v) is 2.16. The van der Waals surface area contributed by atoms with Gasteiger partial charge in [-0.2, -0.15) is 0 Å². The van der Waals surface area contributed by atoms with Gasteiger partial charge in [-0.1, -0.05) is 6.92 Å². The first-order valence-corrected chi connectivity index (χ1v) is 3.27. The molecule has 9 heavy (non-hydrogen) atoms. The molecule has 0 saturated heterocycles. The maximum Gasteiger partial charge on any atom is 0.102 e. The zero-order valence-electron chi connectivity index (χ0n) is 6.17. The van der Waals surface area contributed by atoms with E-state index in [1.165, 1.54) is 6.42 Å². The number of nitrogens with two attached hydrogens (primary N) is 1. The second-order valence-electron chi connectivity index (χ2n) is 2.16. The minimum Gasteiger partial charge on any atom is -0.870 e. The van der Waals surface area contributed by atoms with Gasteiger partial charge in [0, 0.05) is 0 Å². The van der Waals surface area contributed by atoms with Gasteiger partial charge in [-0.05, 0) is 13.3 Å². The van der Waals surface area contributed by atoms with Crippen molar-refractivity contribution in [2.24, 2.45) is 0 Å². The molecule has 0 spiro atoms. The van der Waals surface area contributed by atoms with E-state index in [9.17, 15) is 0 Å². The molecule has 58 valence electrons. The van der Waals surface area contributed by atoms with E-state index in [-0.39, 0.29) is 11.6 Å². The first kappa shape index (κ1) is 11.6. The Morgan fingerprint density at radius 2 is 2.11 bits per heavy atom. The van der Waals surface area contributed by atoms with Crippen molar-refractivity contribution in [3.8, 4) is 0 Å². The third kappa shape index (κ3) is 11.4. The minimum atomic E-state index is -0.151. The van der Waals surface area contributed by atoms with E-state index in [0.29, 0.717) is 0 Å². The highest BCUT2D eigenvalue weighted by Gasteiger charge is 1.94. The van der Waals surface area contributed by atoms with Crippen LogP contribution in [0.25, 0.3) is 0 Å². The third-order valence-electron chi connectivity index (χ3n) is 1.00. The molecule has 1 unspecified atom stereocenters. The normalized spacial score (nSPS) is 12.3. The van der Waals surface area contributed by atoms with Crippen LogP contribution in [0.1, 0.15) is 20.3 Å². The minimum absolute atomic E-state index is 0. The lowest BCUT2D eigenvalue weighted by atomic mass is 10.4. The van der Waals surface area contributed by atoms with E-state index in [1.54, 1.807) is 0 Å². The number of hydrogen-bond acceptors (Lipinski definition) is 2. The highest BCUT2D eigenvalue weighted by atomic mass is 16.3. The Balaban J connectivity index is 0. The largest absolute Gasteiger partial charge is 0.870 e. The molecule has 1 atom stereocenters. The number of hydrogen-bond donors (Lipinski definition) is 2. The Morgan fingerprint density at radius 1 is 1.56 bits per heavy atom. The summed E-state index contributed by atoms with van der Waals surface area (Å²) in [6.45, 7) is 5.92. The maximum absolute atomic E-state index is 8.75. The van der Waals surface area contributed by atoms with Gasteiger partial charge in [-0.25, -0.2) is 0 Å². The van der Waals surface area contributed by atoms with Crippen molar-refractivity contribution in [2.45, 2.75) is 26.4 Å². The number of aliphatic hydroxyl groups excluding tert-OH is 1. The molecule has 4 N–H and O–H groups in total. The van der Waals surface area contributed by atoms with Crippen molar-refractivity contribution in [1.29, 1.82) is 0 Å². The predicted octanol–water partition coefficient (Wildman–Crippen LogP) is -0.836. The average Bonchev–Trinajstić information content (AvgIpc) is 1.66. The Hall–Kier alpha value is -0.120. The van der Waals surface area contributed by atoms with Crippen molar-refractivity contribution in [3.05, 3.63) is 0 Å². The molecule has 0 radical (unpaired) electrons. The van der Waals surface area contributed by atoms with Gasteiger partial charge < -0.3 is 15.9 Å².